The largest absolute Gasteiger partial charge is 0.508 e. The Morgan fingerprint density at radius 3 is 2.64 bits per heavy atom. The van der Waals surface area contributed by atoms with Crippen molar-refractivity contribution < 1.29 is 46.4 Å². The number of allylic oxidation sites excluding steroid dienone is 2. The van der Waals surface area contributed by atoms with E-state index in [9.17, 15) is 18.4 Å². The highest BCUT2D eigenvalue weighted by Gasteiger charge is 2.46. The van der Waals surface area contributed by atoms with Gasteiger partial charge in [0.25, 0.3) is 0 Å². The Hall–Kier alpha value is -4.91. The van der Waals surface area contributed by atoms with Gasteiger partial charge < -0.3 is 23.7 Å². The average Bonchev–Trinajstić information content (AvgIpc) is 3.61. The minimum Gasteiger partial charge on any atom is -0.451 e. The number of esters is 1. The second kappa shape index (κ2) is 18.7. The highest BCUT2D eigenvalue weighted by molar-refractivity contribution is 8.00. The van der Waals surface area contributed by atoms with Crippen molar-refractivity contribution in [3.8, 4) is 6.07 Å². The van der Waals surface area contributed by atoms with Gasteiger partial charge >= 0.3 is 12.1 Å². The molecule has 15 heteroatoms. The number of thioether (sulfide) groups is 1. The number of rotatable bonds is 16. The Bertz CT molecular complexity index is 1710. The highest BCUT2D eigenvalue weighted by atomic mass is 32.2. The second-order valence-electron chi connectivity index (χ2n) is 10.9. The summed E-state index contributed by atoms with van der Waals surface area (Å²) in [6.07, 6.45) is 8.80. The summed E-state index contributed by atoms with van der Waals surface area (Å²) < 4.78 is 72.7. The molecule has 0 aliphatic carbocycles. The summed E-state index contributed by atoms with van der Waals surface area (Å²) in [5.41, 5.74) is -1.24. The van der Waals surface area contributed by atoms with Gasteiger partial charge in [-0.15, -0.1) is 11.8 Å². The third-order valence-corrected chi connectivity index (χ3v) is 8.79. The van der Waals surface area contributed by atoms with Crippen molar-refractivity contribution in [3.05, 3.63) is 114 Å². The van der Waals surface area contributed by atoms with Crippen molar-refractivity contribution in [3.63, 3.8) is 0 Å². The number of nitrogens with zero attached hydrogens (tertiary/aromatic N) is 4. The van der Waals surface area contributed by atoms with Crippen LogP contribution >= 0.6 is 11.8 Å². The molecule has 0 unspecified atom stereocenters. The number of carbonyl (C=O) groups is 2. The van der Waals surface area contributed by atoms with Gasteiger partial charge in [0.1, 0.15) is 36.7 Å². The zero-order valence-corrected chi connectivity index (χ0v) is 27.9. The maximum atomic E-state index is 15.6. The summed E-state index contributed by atoms with van der Waals surface area (Å²) in [6, 6.07) is 9.10. The van der Waals surface area contributed by atoms with E-state index in [0.29, 0.717) is 11.6 Å². The lowest BCUT2D eigenvalue weighted by molar-refractivity contribution is -0.164. The van der Waals surface area contributed by atoms with Crippen LogP contribution in [0.25, 0.3) is 6.08 Å². The molecule has 1 aliphatic heterocycles. The molecule has 0 saturated carbocycles. The molecular formula is C35H35F3N4O7S. The van der Waals surface area contributed by atoms with Gasteiger partial charge in [-0.25, -0.2) is 27.6 Å². The Balaban J connectivity index is 1.45. The number of hydrogen-bond acceptors (Lipinski definition) is 11. The van der Waals surface area contributed by atoms with Gasteiger partial charge in [-0.2, -0.15) is 10.4 Å². The van der Waals surface area contributed by atoms with E-state index in [0.717, 1.165) is 12.1 Å². The van der Waals surface area contributed by atoms with E-state index in [4.69, 9.17) is 28.9 Å². The summed E-state index contributed by atoms with van der Waals surface area (Å²) in [6.45, 7) is 5.30. The Labute approximate surface area is 291 Å². The summed E-state index contributed by atoms with van der Waals surface area (Å²) >= 11 is 1.33. The molecule has 0 bridgehead atoms. The summed E-state index contributed by atoms with van der Waals surface area (Å²) in [4.78, 5) is 28.9. The van der Waals surface area contributed by atoms with Gasteiger partial charge in [0.15, 0.2) is 11.9 Å². The number of aromatic nitrogens is 3. The molecule has 0 N–H and O–H groups in total. The molecule has 0 radical (unpaired) electrons. The lowest BCUT2D eigenvalue weighted by Crippen LogP contribution is -2.47. The number of hydrogen-bond donors (Lipinski definition) is 0. The molecule has 264 valence electrons. The fourth-order valence-electron chi connectivity index (χ4n) is 4.92. The molecule has 2 aromatic carbocycles. The van der Waals surface area contributed by atoms with Crippen molar-refractivity contribution in [2.75, 3.05) is 26.4 Å². The fourth-order valence-corrected chi connectivity index (χ4v) is 6.28. The predicted octanol–water partition coefficient (Wildman–Crippen LogP) is 6.26. The topological polar surface area (TPSA) is 135 Å². The Morgan fingerprint density at radius 2 is 1.96 bits per heavy atom. The van der Waals surface area contributed by atoms with Crippen molar-refractivity contribution in [1.82, 2.24) is 14.8 Å². The van der Waals surface area contributed by atoms with Crippen LogP contribution in [0, 0.1) is 28.8 Å². The predicted molar refractivity (Wildman–Crippen MR) is 177 cm³/mol. The molecule has 1 aromatic heterocycles. The lowest BCUT2D eigenvalue weighted by Gasteiger charge is -2.40. The van der Waals surface area contributed by atoms with Crippen LogP contribution in [0.15, 0.2) is 79.9 Å². The number of nitriles is 1. The maximum Gasteiger partial charge on any atom is 0.508 e. The van der Waals surface area contributed by atoms with Crippen LogP contribution in [-0.2, 0) is 40.6 Å². The Kier molecular flexibility index (Phi) is 14.2. The van der Waals surface area contributed by atoms with Crippen molar-refractivity contribution in [1.29, 1.82) is 5.26 Å². The van der Waals surface area contributed by atoms with Gasteiger partial charge in [-0.3, -0.25) is 4.79 Å². The number of ether oxygens (including phenoxy) is 5. The van der Waals surface area contributed by atoms with Crippen molar-refractivity contribution in [2.24, 2.45) is 0 Å². The normalized spacial score (nSPS) is 17.9. The van der Waals surface area contributed by atoms with Crippen LogP contribution in [0.3, 0.4) is 0 Å². The summed E-state index contributed by atoms with van der Waals surface area (Å²) in [7, 11) is 0. The molecule has 1 aliphatic rings. The van der Waals surface area contributed by atoms with Gasteiger partial charge in [-0.05, 0) is 43.7 Å². The zero-order valence-electron chi connectivity index (χ0n) is 27.1. The third-order valence-electron chi connectivity index (χ3n) is 7.34. The van der Waals surface area contributed by atoms with E-state index < -0.39 is 46.7 Å². The number of halogens is 3. The molecule has 2 atom stereocenters. The number of benzene rings is 2. The van der Waals surface area contributed by atoms with Crippen LogP contribution < -0.4 is 0 Å². The van der Waals surface area contributed by atoms with E-state index >= 15 is 4.39 Å². The molecule has 2 heterocycles. The van der Waals surface area contributed by atoms with E-state index in [2.05, 4.69) is 16.7 Å². The summed E-state index contributed by atoms with van der Waals surface area (Å²) in [5.74, 6) is -2.97. The second-order valence-corrected chi connectivity index (χ2v) is 12.6. The van der Waals surface area contributed by atoms with Crippen LogP contribution in [0.4, 0.5) is 18.0 Å². The van der Waals surface area contributed by atoms with Gasteiger partial charge in [0, 0.05) is 28.9 Å². The first kappa shape index (κ1) is 37.9. The fraction of sp³-hybridized carbons (Fsp3) is 0.343. The van der Waals surface area contributed by atoms with E-state index in [-0.39, 0.29) is 62.2 Å². The quantitative estimate of drug-likeness (QED) is 0.0721. The molecule has 1 fully saturated rings. The molecule has 4 rings (SSSR count). The maximum absolute atomic E-state index is 15.6. The van der Waals surface area contributed by atoms with Crippen molar-refractivity contribution >= 4 is 30.0 Å². The summed E-state index contributed by atoms with van der Waals surface area (Å²) in [5, 5.41) is 12.1. The Morgan fingerprint density at radius 1 is 1.16 bits per heavy atom. The highest BCUT2D eigenvalue weighted by Crippen LogP contribution is 2.42. The molecule has 11 nitrogen and oxygen atoms in total. The molecule has 0 amide bonds. The first-order chi connectivity index (χ1) is 24.1. The molecule has 0 spiro atoms. The zero-order chi connectivity index (χ0) is 35.9. The molecule has 3 aromatic rings. The minimum atomic E-state index is -1.71. The number of carbonyl (C=O) groups excluding carboxylic acids is 2. The van der Waals surface area contributed by atoms with Gasteiger partial charge in [0.2, 0.25) is 0 Å². The van der Waals surface area contributed by atoms with E-state index in [1.807, 2.05) is 6.07 Å². The SMILES string of the molecule is C=CCOC(=O)OCCCC(=O)O[C@@](Cn1cncn1)(c1ccc(F)cc1F)[C@@H](C)SC1COC(/C=C/C=C/c2ccc(C#N)cc2F)OC1. The minimum absolute atomic E-state index is 0.0282. The van der Waals surface area contributed by atoms with Crippen LogP contribution in [0.1, 0.15) is 36.5 Å². The lowest BCUT2D eigenvalue weighted by atomic mass is 9.89. The van der Waals surface area contributed by atoms with Gasteiger partial charge in [-0.1, -0.05) is 36.9 Å². The van der Waals surface area contributed by atoms with E-state index in [1.54, 1.807) is 31.2 Å². The third kappa shape index (κ3) is 10.8. The molecular weight excluding hydrogens is 677 g/mol. The molecule has 50 heavy (non-hydrogen) atoms. The van der Waals surface area contributed by atoms with E-state index in [1.165, 1.54) is 53.4 Å². The van der Waals surface area contributed by atoms with Crippen LogP contribution in [0.2, 0.25) is 0 Å². The van der Waals surface area contributed by atoms with Crippen LogP contribution in [0.5, 0.6) is 0 Å². The first-order valence-electron chi connectivity index (χ1n) is 15.5. The van der Waals surface area contributed by atoms with Crippen LogP contribution in [-0.4, -0.2) is 70.1 Å². The average molecular weight is 713 g/mol. The van der Waals surface area contributed by atoms with Crippen molar-refractivity contribution in [2.45, 2.75) is 48.7 Å². The standard InChI is InChI=1S/C35H35F3N4O7S/c1-3-14-45-34(44)46-15-6-8-32(43)49-35(21-42-23-40-22-41-42,29-13-12-27(36)17-31(29)38)24(2)50-28-19-47-33(48-20-28)9-5-4-7-26-11-10-25(18-39)16-30(26)37/h3-5,7,9-13,16-17,22-24,28,33H,1,6,8,14-15,19-21H2,2H3/b7-4+,9-5+/t24-,28?,33?,35-/m1/s1. The monoisotopic (exact) mass is 712 g/mol. The molecule has 1 saturated heterocycles. The van der Waals surface area contributed by atoms with Gasteiger partial charge in [0.05, 0.1) is 43.2 Å². The smallest absolute Gasteiger partial charge is 0.451 e. The first-order valence-corrected chi connectivity index (χ1v) is 16.4.